The van der Waals surface area contributed by atoms with Gasteiger partial charge in [0.1, 0.15) is 18.1 Å². The van der Waals surface area contributed by atoms with Crippen LogP contribution in [-0.4, -0.2) is 33.1 Å². The number of aromatic nitrogens is 4. The van der Waals surface area contributed by atoms with Crippen LogP contribution in [0.1, 0.15) is 33.7 Å². The number of amides is 1. The van der Waals surface area contributed by atoms with Gasteiger partial charge in [-0.3, -0.25) is 4.79 Å². The van der Waals surface area contributed by atoms with Gasteiger partial charge in [-0.2, -0.15) is 4.98 Å². The number of hydrogen-bond acceptors (Lipinski definition) is 7. The number of aryl methyl sites for hydroxylation is 2. The molecule has 8 nitrogen and oxygen atoms in total. The van der Waals surface area contributed by atoms with Crippen LogP contribution in [-0.2, 0) is 17.9 Å². The molecule has 20 heavy (non-hydrogen) atoms. The number of nitrogens with one attached hydrogen (secondary N) is 1. The summed E-state index contributed by atoms with van der Waals surface area (Å²) in [6.07, 6.45) is 0. The van der Waals surface area contributed by atoms with E-state index < -0.39 is 0 Å². The molecule has 0 saturated heterocycles. The Morgan fingerprint density at radius 2 is 2.15 bits per heavy atom. The van der Waals surface area contributed by atoms with Crippen molar-refractivity contribution < 1.29 is 14.1 Å². The average molecular weight is 277 g/mol. The highest BCUT2D eigenvalue weighted by Crippen LogP contribution is 2.02. The average Bonchev–Trinajstić information content (AvgIpc) is 2.83. The molecule has 0 aliphatic heterocycles. The van der Waals surface area contributed by atoms with Crippen molar-refractivity contribution in [1.82, 2.24) is 25.4 Å². The van der Waals surface area contributed by atoms with Crippen LogP contribution in [0, 0.1) is 13.8 Å². The van der Waals surface area contributed by atoms with E-state index in [0.717, 1.165) is 5.69 Å². The molecular formula is C12H15N5O3. The first-order valence-electron chi connectivity index (χ1n) is 5.99. The largest absolute Gasteiger partial charge is 0.377 e. The second-order valence-corrected chi connectivity index (χ2v) is 4.16. The summed E-state index contributed by atoms with van der Waals surface area (Å²) in [6.45, 7) is 3.94. The van der Waals surface area contributed by atoms with Gasteiger partial charge in [-0.1, -0.05) is 5.16 Å². The Morgan fingerprint density at radius 1 is 1.35 bits per heavy atom. The molecule has 8 heteroatoms. The summed E-state index contributed by atoms with van der Waals surface area (Å²) >= 11 is 0. The Bertz CT molecular complexity index is 591. The summed E-state index contributed by atoms with van der Waals surface area (Å²) in [4.78, 5) is 24.2. The number of methoxy groups -OCH3 is 1. The monoisotopic (exact) mass is 277 g/mol. The lowest BCUT2D eigenvalue weighted by Crippen LogP contribution is -2.24. The molecule has 2 aromatic rings. The summed E-state index contributed by atoms with van der Waals surface area (Å²) in [5, 5.41) is 6.36. The van der Waals surface area contributed by atoms with Gasteiger partial charge in [-0.05, 0) is 19.9 Å². The zero-order chi connectivity index (χ0) is 14.5. The molecule has 1 amide bonds. The molecule has 0 aromatic carbocycles. The standard InChI is InChI=1S/C12H15N5O3/c1-7-4-9(15-8(2)14-7)12(18)13-5-11-16-10(6-19-3)17-20-11/h4H,5-6H2,1-3H3,(H,13,18). The molecule has 0 aliphatic rings. The summed E-state index contributed by atoms with van der Waals surface area (Å²) in [7, 11) is 1.54. The fourth-order valence-corrected chi connectivity index (χ4v) is 1.63. The predicted molar refractivity (Wildman–Crippen MR) is 67.7 cm³/mol. The van der Waals surface area contributed by atoms with Crippen molar-refractivity contribution in [2.45, 2.75) is 27.0 Å². The Morgan fingerprint density at radius 3 is 2.85 bits per heavy atom. The second-order valence-electron chi connectivity index (χ2n) is 4.16. The summed E-state index contributed by atoms with van der Waals surface area (Å²) < 4.78 is 9.84. The van der Waals surface area contributed by atoms with Crippen molar-refractivity contribution in [3.8, 4) is 0 Å². The molecule has 0 radical (unpaired) electrons. The number of rotatable bonds is 5. The van der Waals surface area contributed by atoms with E-state index in [1.165, 1.54) is 7.11 Å². The Labute approximate surface area is 115 Å². The van der Waals surface area contributed by atoms with E-state index in [-0.39, 0.29) is 19.1 Å². The Balaban J connectivity index is 1.97. The number of nitrogens with zero attached hydrogens (tertiary/aromatic N) is 4. The van der Waals surface area contributed by atoms with Gasteiger partial charge in [0.25, 0.3) is 5.91 Å². The maximum absolute atomic E-state index is 11.9. The quantitative estimate of drug-likeness (QED) is 0.851. The van der Waals surface area contributed by atoms with E-state index in [2.05, 4.69) is 25.4 Å². The minimum atomic E-state index is -0.315. The zero-order valence-corrected chi connectivity index (χ0v) is 11.5. The molecule has 0 saturated carbocycles. The van der Waals surface area contributed by atoms with E-state index in [4.69, 9.17) is 9.26 Å². The van der Waals surface area contributed by atoms with Crippen molar-refractivity contribution in [1.29, 1.82) is 0 Å². The Hall–Kier alpha value is -2.35. The van der Waals surface area contributed by atoms with Gasteiger partial charge in [-0.15, -0.1) is 0 Å². The first-order valence-corrected chi connectivity index (χ1v) is 5.99. The molecule has 106 valence electrons. The van der Waals surface area contributed by atoms with E-state index >= 15 is 0 Å². The fraction of sp³-hybridized carbons (Fsp3) is 0.417. The molecule has 0 unspecified atom stereocenters. The fourth-order valence-electron chi connectivity index (χ4n) is 1.63. The lowest BCUT2D eigenvalue weighted by atomic mass is 10.3. The van der Waals surface area contributed by atoms with Crippen molar-refractivity contribution in [2.75, 3.05) is 7.11 Å². The third kappa shape index (κ3) is 3.58. The first kappa shape index (κ1) is 14.1. The van der Waals surface area contributed by atoms with Crippen molar-refractivity contribution in [3.63, 3.8) is 0 Å². The van der Waals surface area contributed by atoms with Gasteiger partial charge in [-0.25, -0.2) is 9.97 Å². The molecule has 2 aromatic heterocycles. The first-order chi connectivity index (χ1) is 9.58. The van der Waals surface area contributed by atoms with Gasteiger partial charge in [0.15, 0.2) is 5.82 Å². The van der Waals surface area contributed by atoms with Gasteiger partial charge >= 0.3 is 0 Å². The van der Waals surface area contributed by atoms with Crippen molar-refractivity contribution >= 4 is 5.91 Å². The smallest absolute Gasteiger partial charge is 0.270 e. The highest BCUT2D eigenvalue weighted by atomic mass is 16.5. The van der Waals surface area contributed by atoms with Crippen molar-refractivity contribution in [2.24, 2.45) is 0 Å². The number of carbonyl (C=O) groups excluding carboxylic acids is 1. The molecule has 0 spiro atoms. The maximum atomic E-state index is 11.9. The lowest BCUT2D eigenvalue weighted by molar-refractivity contribution is 0.0940. The van der Waals surface area contributed by atoms with Crippen LogP contribution in [0.3, 0.4) is 0 Å². The van der Waals surface area contributed by atoms with E-state index in [9.17, 15) is 4.79 Å². The third-order valence-corrected chi connectivity index (χ3v) is 2.38. The van der Waals surface area contributed by atoms with Gasteiger partial charge in [0.05, 0.1) is 6.54 Å². The highest BCUT2D eigenvalue weighted by Gasteiger charge is 2.11. The normalized spacial score (nSPS) is 10.6. The van der Waals surface area contributed by atoms with Crippen LogP contribution in [0.4, 0.5) is 0 Å². The highest BCUT2D eigenvalue weighted by molar-refractivity contribution is 5.92. The van der Waals surface area contributed by atoms with Crippen LogP contribution >= 0.6 is 0 Å². The lowest BCUT2D eigenvalue weighted by Gasteiger charge is -2.03. The minimum Gasteiger partial charge on any atom is -0.377 e. The maximum Gasteiger partial charge on any atom is 0.270 e. The van der Waals surface area contributed by atoms with Gasteiger partial charge < -0.3 is 14.6 Å². The number of carbonyl (C=O) groups is 1. The van der Waals surface area contributed by atoms with E-state index in [1.807, 2.05) is 0 Å². The van der Waals surface area contributed by atoms with Crippen LogP contribution < -0.4 is 5.32 Å². The molecular weight excluding hydrogens is 262 g/mol. The van der Waals surface area contributed by atoms with Crippen LogP contribution in [0.2, 0.25) is 0 Å². The molecule has 2 heterocycles. The van der Waals surface area contributed by atoms with E-state index in [0.29, 0.717) is 23.2 Å². The predicted octanol–water partition coefficient (Wildman–Crippen LogP) is 0.553. The van der Waals surface area contributed by atoms with Gasteiger partial charge in [0, 0.05) is 12.8 Å². The molecule has 1 N–H and O–H groups in total. The minimum absolute atomic E-state index is 0.137. The summed E-state index contributed by atoms with van der Waals surface area (Å²) in [6, 6.07) is 1.62. The topological polar surface area (TPSA) is 103 Å². The molecule has 0 bridgehead atoms. The molecule has 0 fully saturated rings. The molecule has 0 aliphatic carbocycles. The molecule has 0 atom stereocenters. The molecule has 2 rings (SSSR count). The summed E-state index contributed by atoms with van der Waals surface area (Å²) in [5.41, 5.74) is 1.05. The van der Waals surface area contributed by atoms with Gasteiger partial charge in [0.2, 0.25) is 5.89 Å². The summed E-state index contributed by atoms with van der Waals surface area (Å²) in [5.74, 6) is 0.985. The van der Waals surface area contributed by atoms with Crippen LogP contribution in [0.5, 0.6) is 0 Å². The van der Waals surface area contributed by atoms with Crippen LogP contribution in [0.25, 0.3) is 0 Å². The zero-order valence-electron chi connectivity index (χ0n) is 11.5. The SMILES string of the molecule is COCc1noc(CNC(=O)c2cc(C)nc(C)n2)n1. The second kappa shape index (κ2) is 6.20. The van der Waals surface area contributed by atoms with Crippen LogP contribution in [0.15, 0.2) is 10.6 Å². The number of hydrogen-bond donors (Lipinski definition) is 1. The Kier molecular flexibility index (Phi) is 4.36. The van der Waals surface area contributed by atoms with Crippen molar-refractivity contribution in [3.05, 3.63) is 35.0 Å². The van der Waals surface area contributed by atoms with E-state index in [1.54, 1.807) is 19.9 Å². The third-order valence-electron chi connectivity index (χ3n) is 2.38. The number of ether oxygens (including phenoxy) is 1.